The summed E-state index contributed by atoms with van der Waals surface area (Å²) < 4.78 is 0.949. The topological polar surface area (TPSA) is 108 Å². The Bertz CT molecular complexity index is 888. The third-order valence-corrected chi connectivity index (χ3v) is 7.06. The molecule has 1 aromatic rings. The van der Waals surface area contributed by atoms with Crippen molar-refractivity contribution in [1.29, 1.82) is 0 Å². The quantitative estimate of drug-likeness (QED) is 0.174. The zero-order chi connectivity index (χ0) is 22.1. The Kier molecular flexibility index (Phi) is 6.78. The van der Waals surface area contributed by atoms with Crippen LogP contribution < -0.4 is 10.6 Å². The number of imide groups is 2. The van der Waals surface area contributed by atoms with Crippen molar-refractivity contribution >= 4 is 51.9 Å². The number of halogens is 1. The second kappa shape index (κ2) is 8.98. The molecule has 0 aliphatic carbocycles. The summed E-state index contributed by atoms with van der Waals surface area (Å²) in [7, 11) is 1.78. The number of anilines is 1. The van der Waals surface area contributed by atoms with Crippen LogP contribution in [0.4, 0.5) is 5.69 Å². The van der Waals surface area contributed by atoms with Crippen LogP contribution in [0.25, 0.3) is 0 Å². The van der Waals surface area contributed by atoms with Gasteiger partial charge in [-0.3, -0.25) is 34.2 Å². The van der Waals surface area contributed by atoms with E-state index in [1.54, 1.807) is 30.3 Å². The maximum Gasteiger partial charge on any atom is 0.264 e. The Hall–Kier alpha value is -2.05. The number of hydrogen-bond donors (Lipinski definition) is 2. The molecule has 10 heteroatoms. The number of benzene rings is 1. The van der Waals surface area contributed by atoms with E-state index in [1.807, 2.05) is 0 Å². The monoisotopic (exact) mass is 528 g/mol. The summed E-state index contributed by atoms with van der Waals surface area (Å²) in [6.07, 6.45) is 0.215. The first-order valence-electron chi connectivity index (χ1n) is 9.63. The molecule has 162 valence electrons. The summed E-state index contributed by atoms with van der Waals surface area (Å²) in [5, 5.41) is 6.96. The van der Waals surface area contributed by atoms with Gasteiger partial charge in [-0.25, -0.2) is 0 Å². The number of hydrogen-bond acceptors (Lipinski definition) is 7. The van der Waals surface area contributed by atoms with Crippen molar-refractivity contribution in [2.24, 2.45) is 5.41 Å². The van der Waals surface area contributed by atoms with Gasteiger partial charge in [0.15, 0.2) is 0 Å². The lowest BCUT2D eigenvalue weighted by molar-refractivity contribution is -0.155. The first-order chi connectivity index (χ1) is 14.1. The maximum absolute atomic E-state index is 13.0. The Morgan fingerprint density at radius 3 is 2.67 bits per heavy atom. The van der Waals surface area contributed by atoms with E-state index in [2.05, 4.69) is 47.1 Å². The average Bonchev–Trinajstić information content (AvgIpc) is 2.96. The van der Waals surface area contributed by atoms with Crippen LogP contribution in [0, 0.1) is 5.41 Å². The van der Waals surface area contributed by atoms with E-state index in [9.17, 15) is 19.2 Å². The van der Waals surface area contributed by atoms with Gasteiger partial charge in [-0.2, -0.15) is 5.06 Å². The predicted octanol–water partition coefficient (Wildman–Crippen LogP) is 1.78. The van der Waals surface area contributed by atoms with E-state index in [1.165, 1.54) is 0 Å². The summed E-state index contributed by atoms with van der Waals surface area (Å²) in [6.45, 7) is 5.06. The molecule has 0 aromatic heterocycles. The third kappa shape index (κ3) is 4.65. The van der Waals surface area contributed by atoms with Gasteiger partial charge in [-0.1, -0.05) is 42.5 Å². The Morgan fingerprint density at radius 1 is 1.27 bits per heavy atom. The predicted molar refractivity (Wildman–Crippen MR) is 118 cm³/mol. The molecule has 30 heavy (non-hydrogen) atoms. The molecule has 1 fully saturated rings. The number of piperidine rings is 1. The molecule has 1 saturated heterocycles. The molecule has 0 saturated carbocycles. The van der Waals surface area contributed by atoms with Crippen molar-refractivity contribution in [2.45, 2.75) is 32.7 Å². The molecule has 0 spiro atoms. The second-order valence-corrected chi connectivity index (χ2v) is 8.97. The first kappa shape index (κ1) is 22.6. The number of carbonyl (C=O) groups excluding carboxylic acids is 4. The summed E-state index contributed by atoms with van der Waals surface area (Å²) in [4.78, 5) is 56.2. The highest BCUT2D eigenvalue weighted by atomic mass is 127. The van der Waals surface area contributed by atoms with E-state index in [0.717, 1.165) is 9.33 Å². The number of nitrogens with zero attached hydrogens (tertiary/aromatic N) is 2. The maximum atomic E-state index is 13.0. The van der Waals surface area contributed by atoms with E-state index in [0.29, 0.717) is 19.0 Å². The largest absolute Gasteiger partial charge is 0.370 e. The number of rotatable bonds is 8. The standard InChI is InChI=1S/C20H25IN4O5/c1-20(2,9-21)10-30-24(3)11-22-13-6-4-5-12-16(13)19(29)25(18(12)28)14-7-8-15(26)23-17(14)27/h4-6,14,22H,7-11H2,1-3H3,(H,23,26,27). The molecule has 1 unspecified atom stereocenters. The van der Waals surface area contributed by atoms with Crippen LogP contribution in [0.5, 0.6) is 0 Å². The minimum absolute atomic E-state index is 0.0354. The highest BCUT2D eigenvalue weighted by molar-refractivity contribution is 14.1. The van der Waals surface area contributed by atoms with Crippen molar-refractivity contribution in [3.05, 3.63) is 29.3 Å². The van der Waals surface area contributed by atoms with Gasteiger partial charge in [0, 0.05) is 23.6 Å². The molecule has 2 aliphatic rings. The van der Waals surface area contributed by atoms with Crippen LogP contribution in [0.1, 0.15) is 47.4 Å². The van der Waals surface area contributed by atoms with E-state index in [4.69, 9.17) is 4.84 Å². The molecule has 3 rings (SSSR count). The number of amides is 4. The molecule has 0 radical (unpaired) electrons. The van der Waals surface area contributed by atoms with Crippen molar-refractivity contribution in [1.82, 2.24) is 15.3 Å². The van der Waals surface area contributed by atoms with E-state index >= 15 is 0 Å². The molecule has 2 aliphatic heterocycles. The zero-order valence-electron chi connectivity index (χ0n) is 17.2. The van der Waals surface area contributed by atoms with Gasteiger partial charge in [0.2, 0.25) is 11.8 Å². The Labute approximate surface area is 188 Å². The molecule has 1 atom stereocenters. The van der Waals surface area contributed by atoms with Gasteiger partial charge in [-0.05, 0) is 24.0 Å². The van der Waals surface area contributed by atoms with Gasteiger partial charge < -0.3 is 5.32 Å². The number of fused-ring (bicyclic) bond motifs is 1. The van der Waals surface area contributed by atoms with Crippen LogP contribution in [0.3, 0.4) is 0 Å². The van der Waals surface area contributed by atoms with Crippen molar-refractivity contribution in [3.8, 4) is 0 Å². The smallest absolute Gasteiger partial charge is 0.264 e. The summed E-state index contributed by atoms with van der Waals surface area (Å²) in [6, 6.07) is 3.97. The molecule has 0 bridgehead atoms. The lowest BCUT2D eigenvalue weighted by Crippen LogP contribution is -2.54. The van der Waals surface area contributed by atoms with Crippen LogP contribution in [-0.4, -0.2) is 64.4 Å². The minimum Gasteiger partial charge on any atom is -0.370 e. The summed E-state index contributed by atoms with van der Waals surface area (Å²) in [5.41, 5.74) is 0.995. The van der Waals surface area contributed by atoms with Crippen LogP contribution >= 0.6 is 22.6 Å². The van der Waals surface area contributed by atoms with E-state index in [-0.39, 0.29) is 29.4 Å². The molecular formula is C20H25IN4O5. The fourth-order valence-electron chi connectivity index (χ4n) is 3.23. The number of nitrogens with one attached hydrogen (secondary N) is 2. The van der Waals surface area contributed by atoms with Crippen molar-refractivity contribution in [3.63, 3.8) is 0 Å². The van der Waals surface area contributed by atoms with Gasteiger partial charge >= 0.3 is 0 Å². The number of alkyl halides is 1. The van der Waals surface area contributed by atoms with Crippen molar-refractivity contribution < 1.29 is 24.0 Å². The first-order valence-corrected chi connectivity index (χ1v) is 11.2. The summed E-state index contributed by atoms with van der Waals surface area (Å²) >= 11 is 2.32. The van der Waals surface area contributed by atoms with Gasteiger partial charge in [0.1, 0.15) is 6.04 Å². The van der Waals surface area contributed by atoms with Crippen molar-refractivity contribution in [2.75, 3.05) is 30.1 Å². The van der Waals surface area contributed by atoms with Gasteiger partial charge in [-0.15, -0.1) is 0 Å². The summed E-state index contributed by atoms with van der Waals surface area (Å²) in [5.74, 6) is -2.09. The Balaban J connectivity index is 1.72. The van der Waals surface area contributed by atoms with E-state index < -0.39 is 29.7 Å². The second-order valence-electron chi connectivity index (χ2n) is 8.21. The molecule has 9 nitrogen and oxygen atoms in total. The SMILES string of the molecule is CN(CNc1cccc2c1C(=O)N(C1CCC(=O)NC1=O)C2=O)OCC(C)(C)CI. The number of hydroxylamine groups is 2. The van der Waals surface area contributed by atoms with Gasteiger partial charge in [0.25, 0.3) is 11.8 Å². The average molecular weight is 528 g/mol. The zero-order valence-corrected chi connectivity index (χ0v) is 19.3. The highest BCUT2D eigenvalue weighted by Gasteiger charge is 2.45. The molecule has 2 N–H and O–H groups in total. The van der Waals surface area contributed by atoms with Crippen LogP contribution in [-0.2, 0) is 14.4 Å². The molecule has 4 amide bonds. The fraction of sp³-hybridized carbons (Fsp3) is 0.500. The lowest BCUT2D eigenvalue weighted by Gasteiger charge is -2.28. The Morgan fingerprint density at radius 2 is 2.00 bits per heavy atom. The van der Waals surface area contributed by atoms with Crippen LogP contribution in [0.15, 0.2) is 18.2 Å². The number of carbonyl (C=O) groups is 4. The van der Waals surface area contributed by atoms with Gasteiger partial charge in [0.05, 0.1) is 24.4 Å². The fourth-order valence-corrected chi connectivity index (χ4v) is 3.45. The normalized spacial score (nSPS) is 19.4. The van der Waals surface area contributed by atoms with Crippen LogP contribution in [0.2, 0.25) is 0 Å². The molecular weight excluding hydrogens is 503 g/mol. The molecule has 2 heterocycles. The molecule has 1 aromatic carbocycles. The minimum atomic E-state index is -0.982. The third-order valence-electron chi connectivity index (χ3n) is 5.00. The highest BCUT2D eigenvalue weighted by Crippen LogP contribution is 2.32. The lowest BCUT2D eigenvalue weighted by atomic mass is 9.99.